The van der Waals surface area contributed by atoms with Crippen molar-refractivity contribution in [3.8, 4) is 0 Å². The summed E-state index contributed by atoms with van der Waals surface area (Å²) in [4.78, 5) is 9.70. The van der Waals surface area contributed by atoms with Gasteiger partial charge in [0.05, 0.1) is 121 Å². The highest BCUT2D eigenvalue weighted by Gasteiger charge is 2.49. The lowest BCUT2D eigenvalue weighted by molar-refractivity contribution is -0.438. The Hall–Kier alpha value is -5.47. The first-order valence-electron chi connectivity index (χ1n) is 29.2. The Kier molecular flexibility index (Phi) is 27.7. The number of carboxylic acid groups (broad SMARTS) is 1. The van der Waals surface area contributed by atoms with Gasteiger partial charge in [0.15, 0.2) is 5.71 Å². The summed E-state index contributed by atoms with van der Waals surface area (Å²) in [5.74, 6) is -1.82. The topological polar surface area (TPSA) is 403 Å². The number of benzene rings is 4. The second kappa shape index (κ2) is 33.8. The maximum atomic E-state index is 13.0. The van der Waals surface area contributed by atoms with E-state index in [9.17, 15) is 74.8 Å². The van der Waals surface area contributed by atoms with Gasteiger partial charge in [0.2, 0.25) is 5.69 Å². The summed E-state index contributed by atoms with van der Waals surface area (Å²) in [6, 6.07) is 8.49. The fourth-order valence-electron chi connectivity index (χ4n) is 11.3. The van der Waals surface area contributed by atoms with Crippen molar-refractivity contribution in [3.63, 3.8) is 0 Å². The van der Waals surface area contributed by atoms with Crippen molar-refractivity contribution in [1.82, 2.24) is 0 Å². The molecule has 2 unspecified atom stereocenters. The van der Waals surface area contributed by atoms with Crippen molar-refractivity contribution in [2.24, 2.45) is 0 Å². The molecule has 1 N–H and O–H groups in total. The first-order valence-corrected chi connectivity index (χ1v) is 36.4. The number of carboxylic acids is 1. The molecule has 32 heteroatoms. The summed E-state index contributed by atoms with van der Waals surface area (Å²) in [5.41, 5.74) is -0.547. The van der Waals surface area contributed by atoms with Crippen LogP contribution in [0.4, 0.5) is 11.4 Å². The number of carbonyl (C=O) groups is 1. The number of unbranched alkanes of at least 4 members (excludes halogenated alkanes) is 2. The highest BCUT2D eigenvalue weighted by molar-refractivity contribution is 7.87. The summed E-state index contributed by atoms with van der Waals surface area (Å²) in [7, 11) is -22.9. The SMILES string of the molecule is COCCOCCOCCOCCN1C(=CC=CC=CC=CC2=[N+](CCCCCC(=O)O)c3ccc4c(S(=O)(=O)[O-])cc(S(=O)(=O)[O-])cc4c3C2(C)CCOCCOCCOCCOC)C(C)(CCCS(=O)(=O)[O-])c2c1cc(S(=O)(=O)[O-])c1ccc(S(=O)(=O)[O-])cc21. The molecule has 2 aliphatic heterocycles. The van der Waals surface area contributed by atoms with Gasteiger partial charge in [-0.3, -0.25) is 4.79 Å². The van der Waals surface area contributed by atoms with Gasteiger partial charge in [0, 0.05) is 85.9 Å². The number of allylic oxidation sites excluding steroid dienone is 8. The highest BCUT2D eigenvalue weighted by Crippen LogP contribution is 2.55. The van der Waals surface area contributed by atoms with Crippen molar-refractivity contribution in [2.45, 2.75) is 89.2 Å². The highest BCUT2D eigenvalue weighted by atomic mass is 32.2. The van der Waals surface area contributed by atoms with Crippen molar-refractivity contribution in [2.75, 3.05) is 130 Å². The predicted molar refractivity (Wildman–Crippen MR) is 330 cm³/mol. The molecule has 27 nitrogen and oxygen atoms in total. The largest absolute Gasteiger partial charge is 0.748 e. The molecule has 0 spiro atoms. The van der Waals surface area contributed by atoms with Crippen molar-refractivity contribution < 1.29 is 117 Å². The average Bonchev–Trinajstić information content (AvgIpc) is 1.52. The zero-order valence-electron chi connectivity index (χ0n) is 51.3. The smallest absolute Gasteiger partial charge is 0.303 e. The van der Waals surface area contributed by atoms with Crippen LogP contribution in [0, 0.1) is 0 Å². The predicted octanol–water partition coefficient (Wildman–Crippen LogP) is 5.05. The number of hydrogen-bond acceptors (Lipinski definition) is 25. The molecule has 510 valence electrons. The van der Waals surface area contributed by atoms with Crippen LogP contribution in [0.3, 0.4) is 0 Å². The van der Waals surface area contributed by atoms with Gasteiger partial charge >= 0.3 is 5.97 Å². The van der Waals surface area contributed by atoms with E-state index in [0.717, 1.165) is 30.3 Å². The van der Waals surface area contributed by atoms with Gasteiger partial charge in [-0.1, -0.05) is 36.4 Å². The summed E-state index contributed by atoms with van der Waals surface area (Å²) >= 11 is 0. The van der Waals surface area contributed by atoms with Crippen LogP contribution in [0.2, 0.25) is 0 Å². The molecule has 2 atom stereocenters. The van der Waals surface area contributed by atoms with Crippen LogP contribution >= 0.6 is 0 Å². The number of fused-ring (bicyclic) bond motifs is 6. The van der Waals surface area contributed by atoms with E-state index in [1.807, 2.05) is 4.58 Å². The van der Waals surface area contributed by atoms with Gasteiger partial charge in [0.25, 0.3) is 0 Å². The Morgan fingerprint density at radius 3 is 1.57 bits per heavy atom. The molecule has 2 heterocycles. The van der Waals surface area contributed by atoms with E-state index in [1.165, 1.54) is 13.2 Å². The lowest BCUT2D eigenvalue weighted by Crippen LogP contribution is -2.33. The number of aliphatic carboxylic acids is 1. The fraction of sp³-hybridized carbons (Fsp3) is 0.500. The standard InChI is InChI=1S/C60H80N2O25S5/c1-59(21-13-39-88(65,66)67)54(62(24-26-83-32-34-87-38-36-85-30-28-81-4)51-43-53(92(77,78)79)46-18-17-44(89(68,69)70)40-48(46)58(51)59)14-9-6-5-7-10-15-55-60(2,22-25-82-31-33-86-37-35-84-29-27-80-3)57-49-41-45(90(71,72)73)42-52(91(74,75)76)47(49)19-20-50(57)61(55)23-12-8-11-16-56(63)64/h5-7,9-10,14-15,17-20,40-43H,8,11-13,16,21-39H2,1-4H3,(H5-,63,64,65,66,67,68,69,70,71,72,73,74,75,76,77,78,79)/p-4. The Morgan fingerprint density at radius 2 is 1.02 bits per heavy atom. The number of rotatable bonds is 42. The third kappa shape index (κ3) is 20.5. The Bertz CT molecular complexity index is 4000. The average molecular weight is 1390 g/mol. The molecule has 0 aromatic heterocycles. The van der Waals surface area contributed by atoms with Crippen molar-refractivity contribution >= 4 is 95.2 Å². The quantitative estimate of drug-likeness (QED) is 0.0262. The van der Waals surface area contributed by atoms with E-state index in [0.29, 0.717) is 81.0 Å². The van der Waals surface area contributed by atoms with Crippen LogP contribution in [0.15, 0.2) is 116 Å². The molecule has 6 rings (SSSR count). The maximum absolute atomic E-state index is 13.0. The van der Waals surface area contributed by atoms with Gasteiger partial charge in [0.1, 0.15) is 47.0 Å². The molecular weight excluding hydrogens is 1310 g/mol. The summed E-state index contributed by atoms with van der Waals surface area (Å²) < 4.78 is 235. The second-order valence-electron chi connectivity index (χ2n) is 21.8. The molecule has 0 saturated carbocycles. The van der Waals surface area contributed by atoms with E-state index in [4.69, 9.17) is 37.9 Å². The second-order valence-corrected chi connectivity index (χ2v) is 28.8. The van der Waals surface area contributed by atoms with Crippen LogP contribution in [-0.4, -0.2) is 212 Å². The van der Waals surface area contributed by atoms with Crippen LogP contribution in [0.5, 0.6) is 0 Å². The lowest BCUT2D eigenvalue weighted by Gasteiger charge is -2.31. The lowest BCUT2D eigenvalue weighted by atomic mass is 9.75. The van der Waals surface area contributed by atoms with Gasteiger partial charge in [-0.2, -0.15) is 4.58 Å². The third-order valence-electron chi connectivity index (χ3n) is 15.5. The van der Waals surface area contributed by atoms with Crippen molar-refractivity contribution in [3.05, 3.63) is 108 Å². The molecular formula is C60H76N2O25S5-4. The number of hydrogen-bond donors (Lipinski definition) is 1. The normalized spacial score (nSPS) is 17.9. The summed E-state index contributed by atoms with van der Waals surface area (Å²) in [6.07, 6.45) is 12.4. The minimum atomic E-state index is -5.38. The van der Waals surface area contributed by atoms with Crippen LogP contribution in [0.25, 0.3) is 21.5 Å². The Morgan fingerprint density at radius 1 is 0.522 bits per heavy atom. The molecule has 2 aliphatic rings. The van der Waals surface area contributed by atoms with Gasteiger partial charge in [-0.05, 0) is 110 Å². The molecule has 4 aromatic rings. The first-order chi connectivity index (χ1) is 43.4. The molecule has 0 bridgehead atoms. The monoisotopic (exact) mass is 1380 g/mol. The number of anilines is 1. The first kappa shape index (κ1) is 75.6. The molecule has 0 aliphatic carbocycles. The molecule has 0 saturated heterocycles. The van der Waals surface area contributed by atoms with E-state index in [1.54, 1.807) is 74.5 Å². The third-order valence-corrected chi connectivity index (χ3v) is 19.7. The Labute approximate surface area is 537 Å². The Balaban J connectivity index is 1.44. The van der Waals surface area contributed by atoms with Crippen LogP contribution in [0.1, 0.15) is 69.9 Å². The molecule has 0 radical (unpaired) electrons. The van der Waals surface area contributed by atoms with Gasteiger partial charge < -0.3 is 70.7 Å². The van der Waals surface area contributed by atoms with Crippen molar-refractivity contribution in [1.29, 1.82) is 0 Å². The summed E-state index contributed by atoms with van der Waals surface area (Å²) in [6.45, 7) is 6.86. The molecule has 0 fully saturated rings. The maximum Gasteiger partial charge on any atom is 0.303 e. The van der Waals surface area contributed by atoms with E-state index in [2.05, 4.69) is 0 Å². The zero-order chi connectivity index (χ0) is 67.5. The van der Waals surface area contributed by atoms with Crippen LogP contribution < -0.4 is 4.90 Å². The van der Waals surface area contributed by atoms with E-state index in [-0.39, 0.29) is 131 Å². The summed E-state index contributed by atoms with van der Waals surface area (Å²) in [5, 5.41) is 8.89. The number of methoxy groups -OCH3 is 2. The van der Waals surface area contributed by atoms with Gasteiger partial charge in [-0.15, -0.1) is 0 Å². The number of nitrogens with zero attached hydrogens (tertiary/aromatic N) is 2. The van der Waals surface area contributed by atoms with Gasteiger partial charge in [-0.25, -0.2) is 42.1 Å². The molecule has 92 heavy (non-hydrogen) atoms. The minimum Gasteiger partial charge on any atom is -0.748 e. The van der Waals surface area contributed by atoms with Crippen LogP contribution in [-0.2, 0) is 104 Å². The van der Waals surface area contributed by atoms with E-state index < -0.39 is 92.7 Å². The molecule has 0 amide bonds. The fourth-order valence-corrected chi connectivity index (χ4v) is 14.3. The minimum absolute atomic E-state index is 0.00499. The number of ether oxygens (including phenoxy) is 8. The molecule has 4 aromatic carbocycles. The van der Waals surface area contributed by atoms with E-state index >= 15 is 0 Å². The zero-order valence-corrected chi connectivity index (χ0v) is 55.4.